The van der Waals surface area contributed by atoms with Crippen LogP contribution in [-0.4, -0.2) is 5.52 Å². The van der Waals surface area contributed by atoms with E-state index in [1.807, 2.05) is 0 Å². The van der Waals surface area contributed by atoms with Gasteiger partial charge in [0, 0.05) is 0 Å². The average molecular weight is 279 g/mol. The smallest absolute Gasteiger partial charge is 0.809 e. The van der Waals surface area contributed by atoms with E-state index in [1.54, 1.807) is 0 Å². The molecule has 13 heteroatoms. The van der Waals surface area contributed by atoms with Gasteiger partial charge in [-0.3, -0.25) is 0 Å². The summed E-state index contributed by atoms with van der Waals surface area (Å²) < 4.78 is 19.5. The summed E-state index contributed by atoms with van der Waals surface area (Å²) in [6, 6.07) is 0. The van der Waals surface area contributed by atoms with E-state index in [9.17, 15) is 28.7 Å². The van der Waals surface area contributed by atoms with Crippen molar-refractivity contribution in [2.24, 2.45) is 5.73 Å². The summed E-state index contributed by atoms with van der Waals surface area (Å²) in [4.78, 5) is 39.0. The molecule has 0 radical (unpaired) electrons. The molecule has 0 spiro atoms. The zero-order valence-corrected chi connectivity index (χ0v) is 18.3. The summed E-state index contributed by atoms with van der Waals surface area (Å²) in [5.41, 5.74) is 1.40. The molecule has 0 aliphatic rings. The van der Waals surface area contributed by atoms with Crippen LogP contribution >= 0.6 is 15.2 Å². The molecule has 0 fully saturated rings. The maximum Gasteiger partial charge on any atom is 1.00 e. The fourth-order valence-electron chi connectivity index (χ4n) is 0.173. The Bertz CT molecular complexity index is 190. The zero-order chi connectivity index (χ0) is 8.58. The first-order chi connectivity index (χ1) is 4.15. The molecule has 0 bridgehead atoms. The van der Waals surface area contributed by atoms with Crippen LogP contribution in [-0.2, 0) is 9.13 Å². The van der Waals surface area contributed by atoms with Crippen LogP contribution < -0.4 is 144 Å². The Morgan fingerprint density at radius 2 is 0.929 bits per heavy atom. The molecule has 0 rings (SSSR count). The van der Waals surface area contributed by atoms with Crippen molar-refractivity contribution in [3.63, 3.8) is 0 Å². The van der Waals surface area contributed by atoms with Gasteiger partial charge in [0.15, 0.2) is 0 Å². The molecule has 0 saturated carbocycles. The quantitative estimate of drug-likeness (QED) is 0.389. The summed E-state index contributed by atoms with van der Waals surface area (Å²) >= 11 is 0. The molecule has 0 atom stereocenters. The largest absolute Gasteiger partial charge is 1.00 e. The van der Waals surface area contributed by atoms with Gasteiger partial charge in [0.2, 0.25) is 0 Å². The molecule has 0 aromatic carbocycles. The van der Waals surface area contributed by atoms with Crippen molar-refractivity contribution in [3.8, 4) is 0 Å². The van der Waals surface area contributed by atoms with Gasteiger partial charge < -0.3 is 34.4 Å². The van der Waals surface area contributed by atoms with Gasteiger partial charge in [0.25, 0.3) is 0 Å². The van der Waals surface area contributed by atoms with E-state index >= 15 is 0 Å². The van der Waals surface area contributed by atoms with Gasteiger partial charge in [-0.25, -0.2) is 0 Å². The molecule has 7 nitrogen and oxygen atoms in total. The predicted molar refractivity (Wildman–Crippen MR) is 23.2 cm³/mol. The predicted octanol–water partition coefficient (Wildman–Crippen LogP) is -15.9. The third kappa shape index (κ3) is 14.3. The average Bonchev–Trinajstić information content (AvgIpc) is 1.59. The second-order valence-corrected chi connectivity index (χ2v) is 5.17. The van der Waals surface area contributed by atoms with Gasteiger partial charge in [0.05, 0.1) is 5.52 Å². The summed E-state index contributed by atoms with van der Waals surface area (Å²) in [6.07, 6.45) is 0. The molecule has 0 aromatic rings. The monoisotopic (exact) mass is 279 g/mol. The van der Waals surface area contributed by atoms with Crippen molar-refractivity contribution in [3.05, 3.63) is 0 Å². The zero-order valence-electron chi connectivity index (χ0n) is 8.50. The Balaban J connectivity index is -0.0000000675. The van der Waals surface area contributed by atoms with Crippen LogP contribution in [0.3, 0.4) is 0 Å². The Morgan fingerprint density at radius 3 is 0.929 bits per heavy atom. The van der Waals surface area contributed by atoms with E-state index in [0.717, 1.165) is 0 Å². The minimum absolute atomic E-state index is 0. The second-order valence-electron chi connectivity index (χ2n) is 1.49. The van der Waals surface area contributed by atoms with E-state index in [1.165, 1.54) is 0 Å². The molecule has 0 saturated heterocycles. The minimum atomic E-state index is -5.49. The Hall–Kier alpha value is 4.26. The van der Waals surface area contributed by atoms with Crippen LogP contribution in [0.15, 0.2) is 0 Å². The molecular weight excluding hydrogens is 276 g/mol. The molecule has 62 valence electrons. The van der Waals surface area contributed by atoms with Crippen LogP contribution in [0.1, 0.15) is 0 Å². The fraction of sp³-hybridized carbons (Fsp3) is 1.00. The SMILES string of the molecule is NC(P(=O)([O-])[O-])P(=O)([O-])[O-].[Na+].[Na+].[Na+].[Na+]. The molecule has 0 aliphatic carbocycles. The van der Waals surface area contributed by atoms with E-state index in [-0.39, 0.29) is 118 Å². The number of hydrogen-bond donors (Lipinski definition) is 1. The second kappa shape index (κ2) is 12.3. The van der Waals surface area contributed by atoms with Gasteiger partial charge in [-0.15, -0.1) is 0 Å². The van der Waals surface area contributed by atoms with E-state index in [4.69, 9.17) is 0 Å². The first-order valence-electron chi connectivity index (χ1n) is 1.95. The fourth-order valence-corrected chi connectivity index (χ4v) is 1.56. The maximum atomic E-state index is 9.75. The van der Waals surface area contributed by atoms with Gasteiger partial charge in [-0.1, -0.05) is 0 Å². The summed E-state index contributed by atoms with van der Waals surface area (Å²) in [7, 11) is -11.0. The molecular formula is CH3NNa4O6P2. The summed E-state index contributed by atoms with van der Waals surface area (Å²) in [6.45, 7) is 0. The van der Waals surface area contributed by atoms with Crippen molar-refractivity contribution in [1.29, 1.82) is 0 Å². The molecule has 14 heavy (non-hydrogen) atoms. The molecule has 0 aromatic heterocycles. The first kappa shape index (κ1) is 30.9. The topological polar surface area (TPSA) is 152 Å². The van der Waals surface area contributed by atoms with Crippen molar-refractivity contribution in [2.75, 3.05) is 0 Å². The molecule has 0 amide bonds. The van der Waals surface area contributed by atoms with Crippen LogP contribution in [0.25, 0.3) is 0 Å². The van der Waals surface area contributed by atoms with E-state index in [0.29, 0.717) is 0 Å². The Kier molecular flexibility index (Phi) is 27.2. The molecule has 0 aliphatic heterocycles. The standard InChI is InChI=1S/CH7NO6P2.4Na/c2-1(9(3,4)5)10(6,7)8;;;;/h1H,2H2,(H2,3,4,5)(H2,6,7,8);;;;/q;4*+1/p-4. The van der Waals surface area contributed by atoms with Gasteiger partial charge in [-0.05, 0) is 15.2 Å². The Morgan fingerprint density at radius 1 is 0.786 bits per heavy atom. The van der Waals surface area contributed by atoms with E-state index < -0.39 is 20.7 Å². The van der Waals surface area contributed by atoms with Crippen LogP contribution in [0.2, 0.25) is 0 Å². The van der Waals surface area contributed by atoms with Crippen LogP contribution in [0.5, 0.6) is 0 Å². The van der Waals surface area contributed by atoms with Crippen LogP contribution in [0.4, 0.5) is 0 Å². The normalized spacial score (nSPS) is 10.1. The van der Waals surface area contributed by atoms with Gasteiger partial charge >= 0.3 is 118 Å². The summed E-state index contributed by atoms with van der Waals surface area (Å²) in [5.74, 6) is 0. The van der Waals surface area contributed by atoms with Gasteiger partial charge in [-0.2, -0.15) is 0 Å². The maximum absolute atomic E-state index is 9.75. The first-order valence-corrected chi connectivity index (χ1v) is 5.17. The van der Waals surface area contributed by atoms with Gasteiger partial charge in [0.1, 0.15) is 0 Å². The third-order valence-corrected chi connectivity index (χ3v) is 3.64. The Labute approximate surface area is 170 Å². The molecule has 0 unspecified atom stereocenters. The number of hydrogen-bond acceptors (Lipinski definition) is 7. The minimum Gasteiger partial charge on any atom is -0.809 e. The molecule has 0 heterocycles. The van der Waals surface area contributed by atoms with Crippen molar-refractivity contribution < 1.29 is 147 Å². The number of rotatable bonds is 2. The summed E-state index contributed by atoms with van der Waals surface area (Å²) in [5, 5.41) is 0. The number of nitrogens with two attached hydrogens (primary N) is 1. The van der Waals surface area contributed by atoms with E-state index in [2.05, 4.69) is 5.73 Å². The van der Waals surface area contributed by atoms with Crippen molar-refractivity contribution >= 4 is 15.2 Å². The van der Waals surface area contributed by atoms with Crippen LogP contribution in [0, 0.1) is 0 Å². The molecule has 2 N–H and O–H groups in total. The van der Waals surface area contributed by atoms with Crippen molar-refractivity contribution in [1.82, 2.24) is 0 Å². The third-order valence-electron chi connectivity index (χ3n) is 0.648. The van der Waals surface area contributed by atoms with Crippen molar-refractivity contribution in [2.45, 2.75) is 5.52 Å².